The molecule has 1 amide bonds. The summed E-state index contributed by atoms with van der Waals surface area (Å²) in [6.45, 7) is 4.15. The molecule has 3 aromatic rings. The SMILES string of the molecule is Cc1ccc(-c2cc(N/C=C3/C(=O)Nc4ccccc43)[nH]n2)c(C)c1. The van der Waals surface area contributed by atoms with Crippen molar-refractivity contribution in [3.63, 3.8) is 0 Å². The number of aryl methyl sites for hydroxylation is 2. The normalized spacial score (nSPS) is 14.5. The second kappa shape index (κ2) is 5.94. The van der Waals surface area contributed by atoms with E-state index in [2.05, 4.69) is 52.9 Å². The number of nitrogens with zero attached hydrogens (tertiary/aromatic N) is 1. The fourth-order valence-electron chi connectivity index (χ4n) is 3.07. The van der Waals surface area contributed by atoms with Crippen molar-refractivity contribution in [3.8, 4) is 11.3 Å². The molecule has 0 saturated heterocycles. The topological polar surface area (TPSA) is 69.8 Å². The van der Waals surface area contributed by atoms with Crippen LogP contribution in [0.5, 0.6) is 0 Å². The van der Waals surface area contributed by atoms with Gasteiger partial charge in [-0.25, -0.2) is 0 Å². The van der Waals surface area contributed by atoms with Crippen LogP contribution < -0.4 is 10.6 Å². The summed E-state index contributed by atoms with van der Waals surface area (Å²) < 4.78 is 0. The van der Waals surface area contributed by atoms with Crippen LogP contribution in [0, 0.1) is 13.8 Å². The molecule has 1 aliphatic rings. The van der Waals surface area contributed by atoms with Crippen molar-refractivity contribution >= 4 is 23.0 Å². The number of anilines is 2. The second-order valence-electron chi connectivity index (χ2n) is 6.19. The molecule has 0 spiro atoms. The van der Waals surface area contributed by atoms with Crippen molar-refractivity contribution in [3.05, 3.63) is 71.4 Å². The maximum Gasteiger partial charge on any atom is 0.257 e. The van der Waals surface area contributed by atoms with Crippen LogP contribution in [0.1, 0.15) is 16.7 Å². The first-order chi connectivity index (χ1) is 12.1. The lowest BCUT2D eigenvalue weighted by Gasteiger charge is -2.03. The molecule has 25 heavy (non-hydrogen) atoms. The number of fused-ring (bicyclic) bond motifs is 1. The van der Waals surface area contributed by atoms with E-state index in [1.807, 2.05) is 30.3 Å². The molecule has 0 unspecified atom stereocenters. The van der Waals surface area contributed by atoms with E-state index in [0.717, 1.165) is 28.3 Å². The summed E-state index contributed by atoms with van der Waals surface area (Å²) in [5, 5.41) is 13.3. The number of benzene rings is 2. The van der Waals surface area contributed by atoms with E-state index < -0.39 is 0 Å². The number of carbonyl (C=O) groups is 1. The second-order valence-corrected chi connectivity index (χ2v) is 6.19. The zero-order chi connectivity index (χ0) is 17.4. The number of hydrogen-bond donors (Lipinski definition) is 3. The van der Waals surface area contributed by atoms with E-state index in [0.29, 0.717) is 5.57 Å². The molecular weight excluding hydrogens is 312 g/mol. The highest BCUT2D eigenvalue weighted by molar-refractivity contribution is 6.31. The van der Waals surface area contributed by atoms with Gasteiger partial charge in [-0.15, -0.1) is 0 Å². The van der Waals surface area contributed by atoms with Crippen molar-refractivity contribution in [2.45, 2.75) is 13.8 Å². The summed E-state index contributed by atoms with van der Waals surface area (Å²) in [5.74, 6) is 0.627. The maximum absolute atomic E-state index is 12.1. The van der Waals surface area contributed by atoms with Crippen molar-refractivity contribution in [1.82, 2.24) is 10.2 Å². The number of aromatic amines is 1. The van der Waals surface area contributed by atoms with E-state index in [9.17, 15) is 4.79 Å². The Balaban J connectivity index is 1.59. The molecule has 0 aliphatic carbocycles. The van der Waals surface area contributed by atoms with Gasteiger partial charge in [0.15, 0.2) is 0 Å². The van der Waals surface area contributed by atoms with Gasteiger partial charge < -0.3 is 10.6 Å². The minimum absolute atomic E-state index is 0.109. The minimum Gasteiger partial charge on any atom is -0.346 e. The van der Waals surface area contributed by atoms with E-state index in [1.165, 1.54) is 11.1 Å². The third-order valence-electron chi connectivity index (χ3n) is 4.32. The fraction of sp³-hybridized carbons (Fsp3) is 0.100. The van der Waals surface area contributed by atoms with Crippen molar-refractivity contribution in [2.75, 3.05) is 10.6 Å². The number of amides is 1. The Morgan fingerprint density at radius 3 is 2.72 bits per heavy atom. The molecule has 4 rings (SSSR count). The largest absolute Gasteiger partial charge is 0.346 e. The van der Waals surface area contributed by atoms with Gasteiger partial charge in [0, 0.05) is 29.1 Å². The number of carbonyl (C=O) groups excluding carboxylic acids is 1. The van der Waals surface area contributed by atoms with E-state index in [4.69, 9.17) is 0 Å². The van der Waals surface area contributed by atoms with E-state index >= 15 is 0 Å². The Morgan fingerprint density at radius 1 is 1.04 bits per heavy atom. The Kier molecular flexibility index (Phi) is 3.61. The predicted octanol–water partition coefficient (Wildman–Crippen LogP) is 4.10. The number of rotatable bonds is 3. The number of hydrogen-bond acceptors (Lipinski definition) is 3. The monoisotopic (exact) mass is 330 g/mol. The van der Waals surface area contributed by atoms with Crippen LogP contribution in [0.25, 0.3) is 16.8 Å². The molecule has 124 valence electrons. The van der Waals surface area contributed by atoms with Crippen LogP contribution in [0.15, 0.2) is 54.7 Å². The van der Waals surface area contributed by atoms with Crippen LogP contribution in [0.4, 0.5) is 11.5 Å². The number of aromatic nitrogens is 2. The molecule has 2 aromatic carbocycles. The summed E-state index contributed by atoms with van der Waals surface area (Å²) in [5.41, 5.74) is 6.71. The van der Waals surface area contributed by atoms with Crippen molar-refractivity contribution < 1.29 is 4.79 Å². The fourth-order valence-corrected chi connectivity index (χ4v) is 3.07. The molecule has 5 heteroatoms. The van der Waals surface area contributed by atoms with Gasteiger partial charge >= 0.3 is 0 Å². The van der Waals surface area contributed by atoms with E-state index in [1.54, 1.807) is 6.20 Å². The lowest BCUT2D eigenvalue weighted by atomic mass is 10.0. The van der Waals surface area contributed by atoms with Gasteiger partial charge in [-0.3, -0.25) is 9.89 Å². The quantitative estimate of drug-likeness (QED) is 0.633. The molecule has 0 atom stereocenters. The molecular formula is C20H18N4O. The van der Waals surface area contributed by atoms with Gasteiger partial charge in [-0.05, 0) is 25.5 Å². The first-order valence-corrected chi connectivity index (χ1v) is 8.12. The summed E-state index contributed by atoms with van der Waals surface area (Å²) in [7, 11) is 0. The van der Waals surface area contributed by atoms with Gasteiger partial charge in [0.25, 0.3) is 5.91 Å². The van der Waals surface area contributed by atoms with Gasteiger partial charge in [0.05, 0.1) is 11.3 Å². The maximum atomic E-state index is 12.1. The molecule has 1 aliphatic heterocycles. The molecule has 3 N–H and O–H groups in total. The van der Waals surface area contributed by atoms with Crippen molar-refractivity contribution in [1.29, 1.82) is 0 Å². The average molecular weight is 330 g/mol. The molecule has 0 bridgehead atoms. The summed E-state index contributed by atoms with van der Waals surface area (Å²) in [6, 6.07) is 15.9. The lowest BCUT2D eigenvalue weighted by molar-refractivity contribution is -0.110. The highest BCUT2D eigenvalue weighted by Crippen LogP contribution is 2.31. The van der Waals surface area contributed by atoms with Gasteiger partial charge in [-0.2, -0.15) is 5.10 Å². The number of H-pyrrole nitrogens is 1. The Hall–Kier alpha value is -3.34. The highest BCUT2D eigenvalue weighted by Gasteiger charge is 2.23. The third kappa shape index (κ3) is 2.80. The van der Waals surface area contributed by atoms with Crippen LogP contribution in [-0.4, -0.2) is 16.1 Å². The number of para-hydroxylation sites is 1. The Bertz CT molecular complexity index is 1000. The molecule has 5 nitrogen and oxygen atoms in total. The van der Waals surface area contributed by atoms with Crippen molar-refractivity contribution in [2.24, 2.45) is 0 Å². The van der Waals surface area contributed by atoms with Crippen LogP contribution in [0.2, 0.25) is 0 Å². The van der Waals surface area contributed by atoms with Crippen LogP contribution in [0.3, 0.4) is 0 Å². The first kappa shape index (κ1) is 15.2. The Labute approximate surface area is 145 Å². The Morgan fingerprint density at radius 2 is 1.88 bits per heavy atom. The van der Waals surface area contributed by atoms with Crippen LogP contribution in [-0.2, 0) is 4.79 Å². The lowest BCUT2D eigenvalue weighted by Crippen LogP contribution is -2.05. The average Bonchev–Trinajstić information content (AvgIpc) is 3.17. The van der Waals surface area contributed by atoms with Gasteiger partial charge in [-0.1, -0.05) is 42.0 Å². The molecule has 1 aromatic heterocycles. The molecule has 0 radical (unpaired) electrons. The highest BCUT2D eigenvalue weighted by atomic mass is 16.2. The molecule has 0 fully saturated rings. The zero-order valence-electron chi connectivity index (χ0n) is 14.1. The van der Waals surface area contributed by atoms with Gasteiger partial charge in [0.2, 0.25) is 0 Å². The van der Waals surface area contributed by atoms with E-state index in [-0.39, 0.29) is 5.91 Å². The summed E-state index contributed by atoms with van der Waals surface area (Å²) >= 11 is 0. The summed E-state index contributed by atoms with van der Waals surface area (Å²) in [4.78, 5) is 12.1. The van der Waals surface area contributed by atoms with Crippen LogP contribution >= 0.6 is 0 Å². The summed E-state index contributed by atoms with van der Waals surface area (Å²) in [6.07, 6.45) is 1.71. The molecule has 2 heterocycles. The van der Waals surface area contributed by atoms with Gasteiger partial charge in [0.1, 0.15) is 5.82 Å². The predicted molar refractivity (Wildman–Crippen MR) is 100 cm³/mol. The third-order valence-corrected chi connectivity index (χ3v) is 4.32. The minimum atomic E-state index is -0.109. The number of nitrogens with one attached hydrogen (secondary N) is 3. The smallest absolute Gasteiger partial charge is 0.257 e. The molecule has 0 saturated carbocycles. The first-order valence-electron chi connectivity index (χ1n) is 8.12. The zero-order valence-corrected chi connectivity index (χ0v) is 14.1. The standard InChI is InChI=1S/C20H18N4O/c1-12-7-8-14(13(2)9-12)18-10-19(24-23-18)21-11-16-15-5-3-4-6-17(15)22-20(16)25/h3-11H,1-2H3,(H,22,25)(H2,21,23,24)/b16-11+.